The van der Waals surface area contributed by atoms with Crippen molar-refractivity contribution in [2.45, 2.75) is 44.2 Å². The van der Waals surface area contributed by atoms with E-state index >= 15 is 4.39 Å². The van der Waals surface area contributed by atoms with Crippen LogP contribution in [-0.4, -0.2) is 16.6 Å². The zero-order chi connectivity index (χ0) is 21.3. The van der Waals surface area contributed by atoms with E-state index in [1.54, 1.807) is 43.5 Å². The van der Waals surface area contributed by atoms with E-state index in [9.17, 15) is 9.18 Å². The molecule has 1 saturated carbocycles. The number of hydrogen-bond acceptors (Lipinski definition) is 2. The number of nitrogens with zero attached hydrogens (tertiary/aromatic N) is 1. The summed E-state index contributed by atoms with van der Waals surface area (Å²) >= 11 is 5.87. The van der Waals surface area contributed by atoms with Crippen LogP contribution in [0.25, 0.3) is 10.9 Å². The molecule has 1 N–H and O–H groups in total. The molecule has 1 fully saturated rings. The summed E-state index contributed by atoms with van der Waals surface area (Å²) in [6, 6.07) is 13.2. The lowest BCUT2D eigenvalue weighted by molar-refractivity contribution is -0.125. The van der Waals surface area contributed by atoms with Gasteiger partial charge in [0.25, 0.3) is 0 Å². The van der Waals surface area contributed by atoms with E-state index in [2.05, 4.69) is 10.3 Å². The summed E-state index contributed by atoms with van der Waals surface area (Å²) in [5.74, 6) is -1.30. The third-order valence-electron chi connectivity index (χ3n) is 6.28. The van der Waals surface area contributed by atoms with Crippen molar-refractivity contribution in [3.8, 4) is 0 Å². The van der Waals surface area contributed by atoms with Crippen molar-refractivity contribution in [2.75, 3.05) is 5.32 Å². The Morgan fingerprint density at radius 3 is 2.57 bits per heavy atom. The Labute approximate surface area is 179 Å². The number of carbonyl (C=O) groups excluding carboxylic acids is 1. The second kappa shape index (κ2) is 8.31. The van der Waals surface area contributed by atoms with Crippen LogP contribution in [0.4, 0.5) is 14.5 Å². The Morgan fingerprint density at radius 1 is 1.17 bits per heavy atom. The molecule has 1 amide bonds. The van der Waals surface area contributed by atoms with Crippen molar-refractivity contribution < 1.29 is 13.6 Å². The molecule has 0 bridgehead atoms. The van der Waals surface area contributed by atoms with Gasteiger partial charge in [-0.15, -0.1) is 0 Å². The van der Waals surface area contributed by atoms with E-state index in [1.165, 1.54) is 12.1 Å². The van der Waals surface area contributed by atoms with Crippen LogP contribution in [0.5, 0.6) is 0 Å². The Kier molecular flexibility index (Phi) is 5.74. The number of anilines is 1. The van der Waals surface area contributed by atoms with E-state index < -0.39 is 11.6 Å². The second-order valence-corrected chi connectivity index (χ2v) is 8.52. The van der Waals surface area contributed by atoms with Crippen molar-refractivity contribution in [3.63, 3.8) is 0 Å². The van der Waals surface area contributed by atoms with Gasteiger partial charge in [-0.25, -0.2) is 8.78 Å². The number of nitrogens with one attached hydrogen (secondary N) is 1. The van der Waals surface area contributed by atoms with E-state index in [4.69, 9.17) is 11.6 Å². The molecule has 1 heterocycles. The zero-order valence-corrected chi connectivity index (χ0v) is 17.4. The van der Waals surface area contributed by atoms with Crippen LogP contribution in [0.2, 0.25) is 5.02 Å². The van der Waals surface area contributed by atoms with Gasteiger partial charge in [-0.2, -0.15) is 0 Å². The highest BCUT2D eigenvalue weighted by Gasteiger charge is 2.43. The monoisotopic (exact) mass is 428 g/mol. The number of aromatic nitrogens is 1. The number of rotatable bonds is 4. The number of halogens is 3. The highest BCUT2D eigenvalue weighted by molar-refractivity contribution is 6.30. The van der Waals surface area contributed by atoms with Gasteiger partial charge in [-0.05, 0) is 85.7 Å². The molecule has 1 unspecified atom stereocenters. The maximum Gasteiger partial charge on any atom is 0.230 e. The number of benzene rings is 2. The van der Waals surface area contributed by atoms with E-state index in [0.29, 0.717) is 23.6 Å². The van der Waals surface area contributed by atoms with Crippen molar-refractivity contribution in [1.82, 2.24) is 4.98 Å². The SMILES string of the molecule is CC(C(=O)Nc1ccc(Cl)cc1)[C@]1(F)CC[C@H](c2ccnc3ccc(F)cc32)CC1. The van der Waals surface area contributed by atoms with Crippen LogP contribution in [-0.2, 0) is 4.79 Å². The van der Waals surface area contributed by atoms with Gasteiger partial charge in [-0.3, -0.25) is 9.78 Å². The van der Waals surface area contributed by atoms with Crippen molar-refractivity contribution in [1.29, 1.82) is 0 Å². The molecule has 0 radical (unpaired) electrons. The molecule has 0 spiro atoms. The maximum absolute atomic E-state index is 15.7. The van der Waals surface area contributed by atoms with Crippen LogP contribution in [0.3, 0.4) is 0 Å². The number of alkyl halides is 1. The molecule has 3 aromatic rings. The Morgan fingerprint density at radius 2 is 1.87 bits per heavy atom. The predicted octanol–water partition coefficient (Wildman–Crippen LogP) is 6.67. The summed E-state index contributed by atoms with van der Waals surface area (Å²) in [7, 11) is 0. The quantitative estimate of drug-likeness (QED) is 0.504. The van der Waals surface area contributed by atoms with E-state index in [0.717, 1.165) is 16.5 Å². The minimum Gasteiger partial charge on any atom is -0.326 e. The van der Waals surface area contributed by atoms with Gasteiger partial charge < -0.3 is 5.32 Å². The lowest BCUT2D eigenvalue weighted by Crippen LogP contribution is -2.42. The number of amides is 1. The fourth-order valence-corrected chi connectivity index (χ4v) is 4.48. The smallest absolute Gasteiger partial charge is 0.230 e. The van der Waals surface area contributed by atoms with Gasteiger partial charge in [0.15, 0.2) is 0 Å². The summed E-state index contributed by atoms with van der Waals surface area (Å²) in [5, 5.41) is 4.13. The normalized spacial score (nSPS) is 22.6. The Bertz CT molecular complexity index is 1060. The first-order valence-corrected chi connectivity index (χ1v) is 10.5. The highest BCUT2D eigenvalue weighted by atomic mass is 35.5. The molecule has 4 rings (SSSR count). The Balaban J connectivity index is 1.46. The molecular formula is C24H23ClF2N2O. The first kappa shape index (κ1) is 20.7. The average molecular weight is 429 g/mol. The van der Waals surface area contributed by atoms with Gasteiger partial charge >= 0.3 is 0 Å². The standard InChI is InChI=1S/C24H23ClF2N2O/c1-15(23(30)29-19-5-2-17(25)3-6-19)24(27)11-8-16(9-12-24)20-10-13-28-22-7-4-18(26)14-21(20)22/h2-7,10,13-16H,8-9,11-12H2,1H3,(H,29,30)/t15?,16-,24-. The van der Waals surface area contributed by atoms with Crippen molar-refractivity contribution in [2.24, 2.45) is 5.92 Å². The number of carbonyl (C=O) groups is 1. The third kappa shape index (κ3) is 4.17. The lowest BCUT2D eigenvalue weighted by atomic mass is 9.71. The van der Waals surface area contributed by atoms with Gasteiger partial charge in [0.05, 0.1) is 11.4 Å². The minimum absolute atomic E-state index is 0.118. The maximum atomic E-state index is 15.7. The van der Waals surface area contributed by atoms with Crippen LogP contribution >= 0.6 is 11.6 Å². The molecule has 0 aliphatic heterocycles. The summed E-state index contributed by atoms with van der Waals surface area (Å²) < 4.78 is 29.5. The van der Waals surface area contributed by atoms with Crippen molar-refractivity contribution >= 4 is 34.1 Å². The number of fused-ring (bicyclic) bond motifs is 1. The van der Waals surface area contributed by atoms with Gasteiger partial charge in [0.2, 0.25) is 5.91 Å². The summed E-state index contributed by atoms with van der Waals surface area (Å²) in [6.45, 7) is 1.64. The Hall–Kier alpha value is -2.53. The fraction of sp³-hybridized carbons (Fsp3) is 0.333. The van der Waals surface area contributed by atoms with Crippen LogP contribution in [0, 0.1) is 11.7 Å². The summed E-state index contributed by atoms with van der Waals surface area (Å²) in [6.07, 6.45) is 3.49. The minimum atomic E-state index is -1.57. The van der Waals surface area contributed by atoms with Crippen LogP contribution in [0.15, 0.2) is 54.7 Å². The molecule has 3 nitrogen and oxygen atoms in total. The van der Waals surface area contributed by atoms with E-state index in [-0.39, 0.29) is 30.5 Å². The fourth-order valence-electron chi connectivity index (χ4n) is 4.36. The highest BCUT2D eigenvalue weighted by Crippen LogP contribution is 2.45. The molecule has 1 atom stereocenters. The molecular weight excluding hydrogens is 406 g/mol. The van der Waals surface area contributed by atoms with E-state index in [1.807, 2.05) is 6.07 Å². The summed E-state index contributed by atoms with van der Waals surface area (Å²) in [4.78, 5) is 16.9. The molecule has 1 aliphatic rings. The lowest BCUT2D eigenvalue weighted by Gasteiger charge is -2.37. The van der Waals surface area contributed by atoms with Gasteiger partial charge in [0.1, 0.15) is 11.5 Å². The zero-order valence-electron chi connectivity index (χ0n) is 16.7. The molecule has 0 saturated heterocycles. The molecule has 2 aromatic carbocycles. The molecule has 30 heavy (non-hydrogen) atoms. The largest absolute Gasteiger partial charge is 0.326 e. The first-order chi connectivity index (χ1) is 14.4. The predicted molar refractivity (Wildman–Crippen MR) is 116 cm³/mol. The van der Waals surface area contributed by atoms with Crippen molar-refractivity contribution in [3.05, 3.63) is 71.1 Å². The van der Waals surface area contributed by atoms with Gasteiger partial charge in [-0.1, -0.05) is 18.5 Å². The average Bonchev–Trinajstić information content (AvgIpc) is 2.75. The molecule has 6 heteroatoms. The first-order valence-electron chi connectivity index (χ1n) is 10.2. The molecule has 1 aliphatic carbocycles. The summed E-state index contributed by atoms with van der Waals surface area (Å²) in [5.41, 5.74) is 0.765. The molecule has 156 valence electrons. The number of hydrogen-bond donors (Lipinski definition) is 1. The third-order valence-corrected chi connectivity index (χ3v) is 6.53. The van der Waals surface area contributed by atoms with Crippen LogP contribution in [0.1, 0.15) is 44.1 Å². The molecule has 1 aromatic heterocycles. The topological polar surface area (TPSA) is 42.0 Å². The number of pyridine rings is 1. The van der Waals surface area contributed by atoms with Gasteiger partial charge in [0, 0.05) is 22.3 Å². The van der Waals surface area contributed by atoms with Crippen LogP contribution < -0.4 is 5.32 Å². The second-order valence-electron chi connectivity index (χ2n) is 8.09.